The molecule has 0 saturated carbocycles. The Morgan fingerprint density at radius 3 is 2.52 bits per heavy atom. The molecule has 0 amide bonds. The largest absolute Gasteiger partial charge is 0.481 e. The normalized spacial score (nSPS) is 20.6. The zero-order valence-corrected chi connectivity index (χ0v) is 14.9. The summed E-state index contributed by atoms with van der Waals surface area (Å²) in [7, 11) is 3.81. The van der Waals surface area contributed by atoms with E-state index in [0.717, 1.165) is 23.2 Å². The van der Waals surface area contributed by atoms with Crippen molar-refractivity contribution in [3.8, 4) is 0 Å². The van der Waals surface area contributed by atoms with Crippen molar-refractivity contribution in [3.63, 3.8) is 0 Å². The van der Waals surface area contributed by atoms with E-state index in [0.29, 0.717) is 19.0 Å². The lowest BCUT2D eigenvalue weighted by atomic mass is 9.86. The minimum atomic E-state index is -0.727. The average molecular weight is 340 g/mol. The molecule has 2 aromatic rings. The van der Waals surface area contributed by atoms with Crippen LogP contribution in [0.2, 0.25) is 0 Å². The van der Waals surface area contributed by atoms with E-state index >= 15 is 0 Å². The lowest BCUT2D eigenvalue weighted by molar-refractivity contribution is -0.141. The summed E-state index contributed by atoms with van der Waals surface area (Å²) in [4.78, 5) is 24.5. The van der Waals surface area contributed by atoms with Gasteiger partial charge in [-0.1, -0.05) is 24.3 Å². The third-order valence-electron chi connectivity index (χ3n) is 4.80. The van der Waals surface area contributed by atoms with Gasteiger partial charge in [0.15, 0.2) is 0 Å². The fraction of sp³-hybridized carbons (Fsp3) is 0.421. The summed E-state index contributed by atoms with van der Waals surface area (Å²) in [6, 6.07) is 8.07. The van der Waals surface area contributed by atoms with Crippen molar-refractivity contribution in [2.24, 2.45) is 5.92 Å². The van der Waals surface area contributed by atoms with Crippen molar-refractivity contribution in [2.45, 2.75) is 19.4 Å². The van der Waals surface area contributed by atoms with Crippen LogP contribution in [-0.2, 0) is 11.3 Å². The van der Waals surface area contributed by atoms with Crippen molar-refractivity contribution < 1.29 is 9.90 Å². The van der Waals surface area contributed by atoms with Crippen LogP contribution in [-0.4, -0.2) is 53.1 Å². The Balaban J connectivity index is 1.76. The van der Waals surface area contributed by atoms with Gasteiger partial charge in [-0.05, 0) is 18.1 Å². The predicted molar refractivity (Wildman–Crippen MR) is 96.7 cm³/mol. The van der Waals surface area contributed by atoms with E-state index < -0.39 is 5.97 Å². The molecule has 0 radical (unpaired) electrons. The summed E-state index contributed by atoms with van der Waals surface area (Å²) >= 11 is 0. The topological polar surface area (TPSA) is 69.6 Å². The molecule has 1 aliphatic heterocycles. The summed E-state index contributed by atoms with van der Waals surface area (Å²) in [5.41, 5.74) is 3.29. The number of aryl methyl sites for hydroxylation is 1. The predicted octanol–water partition coefficient (Wildman–Crippen LogP) is 2.15. The van der Waals surface area contributed by atoms with Gasteiger partial charge in [0.1, 0.15) is 0 Å². The zero-order valence-electron chi connectivity index (χ0n) is 14.9. The second-order valence-electron chi connectivity index (χ2n) is 6.89. The fourth-order valence-electron chi connectivity index (χ4n) is 3.50. The molecule has 0 aliphatic carbocycles. The summed E-state index contributed by atoms with van der Waals surface area (Å²) in [6.07, 6.45) is 3.64. The Kier molecular flexibility index (Phi) is 4.99. The number of nitrogens with zero attached hydrogens (tertiary/aromatic N) is 4. The van der Waals surface area contributed by atoms with Gasteiger partial charge in [-0.25, -0.2) is 9.97 Å². The lowest BCUT2D eigenvalue weighted by Crippen LogP contribution is -2.23. The van der Waals surface area contributed by atoms with Crippen LogP contribution in [0.4, 0.5) is 5.95 Å². The second kappa shape index (κ2) is 7.19. The van der Waals surface area contributed by atoms with Gasteiger partial charge in [0, 0.05) is 57.6 Å². The molecular formula is C19H24N4O2. The van der Waals surface area contributed by atoms with E-state index in [9.17, 15) is 9.90 Å². The highest BCUT2D eigenvalue weighted by Crippen LogP contribution is 2.35. The highest BCUT2D eigenvalue weighted by molar-refractivity contribution is 5.72. The van der Waals surface area contributed by atoms with Crippen molar-refractivity contribution in [1.29, 1.82) is 0 Å². The molecule has 25 heavy (non-hydrogen) atoms. The Labute approximate surface area is 148 Å². The van der Waals surface area contributed by atoms with Gasteiger partial charge in [-0.2, -0.15) is 0 Å². The van der Waals surface area contributed by atoms with Crippen LogP contribution >= 0.6 is 0 Å². The first kappa shape index (κ1) is 17.4. The number of hydrogen-bond acceptors (Lipinski definition) is 5. The van der Waals surface area contributed by atoms with E-state index in [1.54, 1.807) is 0 Å². The molecule has 1 aromatic carbocycles. The molecular weight excluding hydrogens is 316 g/mol. The van der Waals surface area contributed by atoms with Crippen LogP contribution in [0.1, 0.15) is 22.6 Å². The zero-order chi connectivity index (χ0) is 18.0. The fourth-order valence-corrected chi connectivity index (χ4v) is 3.50. The number of aliphatic carboxylic acids is 1. The molecule has 132 valence electrons. The van der Waals surface area contributed by atoms with Gasteiger partial charge in [-0.3, -0.25) is 9.69 Å². The van der Waals surface area contributed by atoms with Gasteiger partial charge < -0.3 is 10.0 Å². The molecule has 1 aliphatic rings. The number of aromatic nitrogens is 2. The van der Waals surface area contributed by atoms with Gasteiger partial charge >= 0.3 is 5.97 Å². The summed E-state index contributed by atoms with van der Waals surface area (Å²) < 4.78 is 0. The van der Waals surface area contributed by atoms with Gasteiger partial charge in [0.05, 0.1) is 5.92 Å². The number of likely N-dealkylation sites (tertiary alicyclic amines) is 1. The van der Waals surface area contributed by atoms with Crippen LogP contribution in [0.3, 0.4) is 0 Å². The number of carbonyl (C=O) groups is 1. The maximum Gasteiger partial charge on any atom is 0.308 e. The smallest absolute Gasteiger partial charge is 0.308 e. The number of rotatable bonds is 5. The molecule has 0 spiro atoms. The molecule has 6 heteroatoms. The SMILES string of the molecule is Cc1ccccc1[C@H]1CN(Cc2cnc(N(C)C)nc2)C[C@@H]1C(=O)O. The summed E-state index contributed by atoms with van der Waals surface area (Å²) in [6.45, 7) is 3.99. The Morgan fingerprint density at radius 1 is 1.24 bits per heavy atom. The molecule has 3 rings (SSSR count). The maximum atomic E-state index is 11.8. The third-order valence-corrected chi connectivity index (χ3v) is 4.80. The van der Waals surface area contributed by atoms with Crippen molar-refractivity contribution >= 4 is 11.9 Å². The van der Waals surface area contributed by atoms with Gasteiger partial charge in [0.2, 0.25) is 5.95 Å². The number of benzene rings is 1. The van der Waals surface area contributed by atoms with Crippen LogP contribution in [0.5, 0.6) is 0 Å². The highest BCUT2D eigenvalue weighted by atomic mass is 16.4. The van der Waals surface area contributed by atoms with Crippen molar-refractivity contribution in [2.75, 3.05) is 32.1 Å². The number of anilines is 1. The molecule has 2 heterocycles. The van der Waals surface area contributed by atoms with Crippen LogP contribution < -0.4 is 4.90 Å². The standard InChI is InChI=1S/C19H24N4O2/c1-13-6-4-5-7-15(13)16-11-23(12-17(16)18(24)25)10-14-8-20-19(21-9-14)22(2)3/h4-9,16-17H,10-12H2,1-3H3,(H,24,25)/t16-,17+/m1/s1. The van der Waals surface area contributed by atoms with Crippen molar-refractivity contribution in [1.82, 2.24) is 14.9 Å². The monoisotopic (exact) mass is 340 g/mol. The van der Waals surface area contributed by atoms with Gasteiger partial charge in [0.25, 0.3) is 0 Å². The lowest BCUT2D eigenvalue weighted by Gasteiger charge is -2.18. The minimum Gasteiger partial charge on any atom is -0.481 e. The Bertz CT molecular complexity index is 745. The second-order valence-corrected chi connectivity index (χ2v) is 6.89. The van der Waals surface area contributed by atoms with E-state index in [4.69, 9.17) is 0 Å². The average Bonchev–Trinajstić information content (AvgIpc) is 2.99. The number of carboxylic acids is 1. The number of carboxylic acid groups (broad SMARTS) is 1. The van der Waals surface area contributed by atoms with Crippen LogP contribution in [0, 0.1) is 12.8 Å². The molecule has 2 atom stereocenters. The first-order valence-electron chi connectivity index (χ1n) is 8.44. The molecule has 0 bridgehead atoms. The third kappa shape index (κ3) is 3.79. The number of hydrogen-bond donors (Lipinski definition) is 1. The van der Waals surface area contributed by atoms with E-state index in [2.05, 4.69) is 20.9 Å². The first-order valence-corrected chi connectivity index (χ1v) is 8.44. The van der Waals surface area contributed by atoms with Crippen LogP contribution in [0.15, 0.2) is 36.7 Å². The Hall–Kier alpha value is -2.47. The molecule has 0 unspecified atom stereocenters. The molecule has 1 saturated heterocycles. The highest BCUT2D eigenvalue weighted by Gasteiger charge is 2.38. The molecule has 1 fully saturated rings. The summed E-state index contributed by atoms with van der Waals surface area (Å²) in [5.74, 6) is -0.426. The Morgan fingerprint density at radius 2 is 1.92 bits per heavy atom. The molecule has 1 aromatic heterocycles. The first-order chi connectivity index (χ1) is 12.0. The minimum absolute atomic E-state index is 0.0145. The summed E-state index contributed by atoms with van der Waals surface area (Å²) in [5, 5.41) is 9.66. The van der Waals surface area contributed by atoms with E-state index in [1.807, 2.05) is 56.5 Å². The maximum absolute atomic E-state index is 11.8. The van der Waals surface area contributed by atoms with E-state index in [-0.39, 0.29) is 11.8 Å². The molecule has 1 N–H and O–H groups in total. The molecule has 6 nitrogen and oxygen atoms in total. The quantitative estimate of drug-likeness (QED) is 0.899. The van der Waals surface area contributed by atoms with Crippen LogP contribution in [0.25, 0.3) is 0 Å². The van der Waals surface area contributed by atoms with Crippen molar-refractivity contribution in [3.05, 3.63) is 53.3 Å². The van der Waals surface area contributed by atoms with Gasteiger partial charge in [-0.15, -0.1) is 0 Å². The van der Waals surface area contributed by atoms with E-state index in [1.165, 1.54) is 0 Å².